The van der Waals surface area contributed by atoms with Gasteiger partial charge in [0.1, 0.15) is 23.9 Å². The Bertz CT molecular complexity index is 659. The smallest absolute Gasteiger partial charge is 0.229 e. The van der Waals surface area contributed by atoms with Gasteiger partial charge in [-0.1, -0.05) is 13.3 Å². The molecule has 23 heavy (non-hydrogen) atoms. The highest BCUT2D eigenvalue weighted by atomic mass is 32.2. The molecule has 8 heteroatoms. The Morgan fingerprint density at radius 3 is 2.83 bits per heavy atom. The van der Waals surface area contributed by atoms with E-state index in [0.717, 1.165) is 38.0 Å². The molecule has 0 radical (unpaired) electrons. The van der Waals surface area contributed by atoms with Crippen LogP contribution in [0.3, 0.4) is 0 Å². The first-order valence-corrected chi connectivity index (χ1v) is 9.51. The number of aliphatic imine (C=N–C) groups is 1. The number of rotatable bonds is 9. The second-order valence-corrected chi connectivity index (χ2v) is 7.03. The molecule has 0 bridgehead atoms. The number of unbranched alkanes of at least 4 members (excludes halogenated alkanes) is 1. The van der Waals surface area contributed by atoms with E-state index < -0.39 is 10.0 Å². The fraction of sp³-hybridized carbons (Fsp3) is 0.533. The molecular formula is C15H23N3O4S. The van der Waals surface area contributed by atoms with Gasteiger partial charge in [-0.2, -0.15) is 0 Å². The summed E-state index contributed by atoms with van der Waals surface area (Å²) in [6.07, 6.45) is 3.01. The lowest BCUT2D eigenvalue weighted by Crippen LogP contribution is -2.24. The van der Waals surface area contributed by atoms with Crippen LogP contribution >= 0.6 is 0 Å². The van der Waals surface area contributed by atoms with E-state index in [9.17, 15) is 8.42 Å². The summed E-state index contributed by atoms with van der Waals surface area (Å²) in [7, 11) is -3.40. The minimum Gasteiger partial charge on any atom is -0.491 e. The van der Waals surface area contributed by atoms with E-state index >= 15 is 0 Å². The topological polar surface area (TPSA) is 89.0 Å². The average Bonchev–Trinajstić information content (AvgIpc) is 2.99. The lowest BCUT2D eigenvalue weighted by Gasteiger charge is -2.14. The molecule has 0 spiro atoms. The first-order valence-electron chi connectivity index (χ1n) is 7.62. The van der Waals surface area contributed by atoms with Crippen LogP contribution in [0.25, 0.3) is 0 Å². The van der Waals surface area contributed by atoms with Crippen molar-refractivity contribution in [2.45, 2.75) is 19.8 Å². The molecule has 7 nitrogen and oxygen atoms in total. The minimum atomic E-state index is -3.40. The Labute approximate surface area is 137 Å². The molecule has 1 aromatic carbocycles. The van der Waals surface area contributed by atoms with Crippen molar-refractivity contribution in [3.63, 3.8) is 0 Å². The molecular weight excluding hydrogens is 318 g/mol. The van der Waals surface area contributed by atoms with E-state index in [4.69, 9.17) is 9.47 Å². The van der Waals surface area contributed by atoms with Crippen LogP contribution in [0.15, 0.2) is 23.2 Å². The number of hydrogen-bond donors (Lipinski definition) is 2. The zero-order valence-electron chi connectivity index (χ0n) is 13.5. The number of amidine groups is 1. The van der Waals surface area contributed by atoms with Crippen molar-refractivity contribution in [2.75, 3.05) is 37.3 Å². The Hall–Kier alpha value is -1.96. The number of hydrogen-bond acceptors (Lipinski definition) is 6. The second kappa shape index (κ2) is 8.05. The Morgan fingerprint density at radius 2 is 2.17 bits per heavy atom. The summed E-state index contributed by atoms with van der Waals surface area (Å²) in [6.45, 7) is 4.51. The quantitative estimate of drug-likeness (QED) is 0.666. The van der Waals surface area contributed by atoms with Crippen LogP contribution < -0.4 is 19.5 Å². The summed E-state index contributed by atoms with van der Waals surface area (Å²) >= 11 is 0. The standard InChI is InChI=1S/C15H23N3O4S/c1-3-4-9-21-14-6-5-12(10-13(14)18-23(2,19)20)22-11-15-16-7-8-17-15/h5-6,10,18H,3-4,7-9,11H2,1-2H3,(H,16,17). The molecule has 2 N–H and O–H groups in total. The molecule has 0 fully saturated rings. The highest BCUT2D eigenvalue weighted by molar-refractivity contribution is 7.92. The van der Waals surface area contributed by atoms with Crippen molar-refractivity contribution in [1.29, 1.82) is 0 Å². The van der Waals surface area contributed by atoms with Crippen LogP contribution in [-0.2, 0) is 10.0 Å². The third-order valence-electron chi connectivity index (χ3n) is 3.12. The number of nitrogens with one attached hydrogen (secondary N) is 2. The van der Waals surface area contributed by atoms with Crippen LogP contribution in [0, 0.1) is 0 Å². The summed E-state index contributed by atoms with van der Waals surface area (Å²) in [4.78, 5) is 4.24. The molecule has 0 aromatic heterocycles. The maximum absolute atomic E-state index is 11.5. The van der Waals surface area contributed by atoms with Crippen LogP contribution in [0.5, 0.6) is 11.5 Å². The number of anilines is 1. The van der Waals surface area contributed by atoms with Crippen molar-refractivity contribution in [3.8, 4) is 11.5 Å². The van der Waals surface area contributed by atoms with Crippen molar-refractivity contribution >= 4 is 21.5 Å². The van der Waals surface area contributed by atoms with Crippen LogP contribution in [-0.4, -0.2) is 46.8 Å². The third-order valence-corrected chi connectivity index (χ3v) is 3.71. The molecule has 0 amide bonds. The predicted molar refractivity (Wildman–Crippen MR) is 91.1 cm³/mol. The lowest BCUT2D eigenvalue weighted by atomic mass is 10.3. The predicted octanol–water partition coefficient (Wildman–Crippen LogP) is 1.62. The Balaban J connectivity index is 2.09. The molecule has 0 saturated carbocycles. The lowest BCUT2D eigenvalue weighted by molar-refractivity contribution is 0.310. The summed E-state index contributed by atoms with van der Waals surface area (Å²) in [6, 6.07) is 5.09. The summed E-state index contributed by atoms with van der Waals surface area (Å²) in [5.74, 6) is 1.84. The molecule has 1 heterocycles. The van der Waals surface area contributed by atoms with Gasteiger partial charge in [0.15, 0.2) is 0 Å². The van der Waals surface area contributed by atoms with Gasteiger partial charge in [-0.3, -0.25) is 9.71 Å². The zero-order chi connectivity index (χ0) is 16.7. The summed E-state index contributed by atoms with van der Waals surface area (Å²) in [5.41, 5.74) is 0.377. The van der Waals surface area contributed by atoms with Gasteiger partial charge in [0.25, 0.3) is 0 Å². The van der Waals surface area contributed by atoms with Gasteiger partial charge >= 0.3 is 0 Å². The van der Waals surface area contributed by atoms with Crippen molar-refractivity contribution in [2.24, 2.45) is 4.99 Å². The van der Waals surface area contributed by atoms with Gasteiger partial charge in [-0.25, -0.2) is 8.42 Å². The van der Waals surface area contributed by atoms with E-state index in [1.807, 2.05) is 0 Å². The van der Waals surface area contributed by atoms with Gasteiger partial charge in [-0.15, -0.1) is 0 Å². The van der Waals surface area contributed by atoms with Crippen molar-refractivity contribution < 1.29 is 17.9 Å². The zero-order valence-corrected chi connectivity index (χ0v) is 14.3. The first-order chi connectivity index (χ1) is 11.0. The van der Waals surface area contributed by atoms with E-state index in [0.29, 0.717) is 30.4 Å². The number of nitrogens with zero attached hydrogens (tertiary/aromatic N) is 1. The largest absolute Gasteiger partial charge is 0.491 e. The number of sulfonamides is 1. The van der Waals surface area contributed by atoms with Gasteiger partial charge in [0.05, 0.1) is 25.1 Å². The molecule has 1 aliphatic rings. The minimum absolute atomic E-state index is 0.328. The van der Waals surface area contributed by atoms with Crippen LogP contribution in [0.4, 0.5) is 5.69 Å². The van der Waals surface area contributed by atoms with Gasteiger partial charge in [0, 0.05) is 12.6 Å². The second-order valence-electron chi connectivity index (χ2n) is 5.28. The van der Waals surface area contributed by atoms with E-state index in [2.05, 4.69) is 22.0 Å². The van der Waals surface area contributed by atoms with Crippen LogP contribution in [0.2, 0.25) is 0 Å². The molecule has 2 rings (SSSR count). The van der Waals surface area contributed by atoms with Gasteiger partial charge in [0.2, 0.25) is 10.0 Å². The fourth-order valence-electron chi connectivity index (χ4n) is 2.03. The molecule has 0 saturated heterocycles. The van der Waals surface area contributed by atoms with E-state index in [1.165, 1.54) is 0 Å². The maximum atomic E-state index is 11.5. The fourth-order valence-corrected chi connectivity index (χ4v) is 2.59. The molecule has 1 aromatic rings. The monoisotopic (exact) mass is 341 g/mol. The summed E-state index contributed by atoms with van der Waals surface area (Å²) in [5, 5.41) is 3.11. The van der Waals surface area contributed by atoms with Gasteiger partial charge in [-0.05, 0) is 18.6 Å². The number of ether oxygens (including phenoxy) is 2. The third kappa shape index (κ3) is 5.97. The van der Waals surface area contributed by atoms with Crippen molar-refractivity contribution in [1.82, 2.24) is 5.32 Å². The number of benzene rings is 1. The maximum Gasteiger partial charge on any atom is 0.229 e. The molecule has 1 aliphatic heterocycles. The van der Waals surface area contributed by atoms with Gasteiger partial charge < -0.3 is 14.8 Å². The average molecular weight is 341 g/mol. The van der Waals surface area contributed by atoms with Crippen LogP contribution in [0.1, 0.15) is 19.8 Å². The first kappa shape index (κ1) is 17.4. The highest BCUT2D eigenvalue weighted by Gasteiger charge is 2.12. The molecule has 0 atom stereocenters. The SMILES string of the molecule is CCCCOc1ccc(OCC2=NCCN2)cc1NS(C)(=O)=O. The molecule has 0 aliphatic carbocycles. The highest BCUT2D eigenvalue weighted by Crippen LogP contribution is 2.30. The normalized spacial score (nSPS) is 14.1. The summed E-state index contributed by atoms with van der Waals surface area (Å²) < 4.78 is 36.8. The van der Waals surface area contributed by atoms with E-state index in [-0.39, 0.29) is 0 Å². The Kier molecular flexibility index (Phi) is 6.09. The van der Waals surface area contributed by atoms with Crippen molar-refractivity contribution in [3.05, 3.63) is 18.2 Å². The molecule has 128 valence electrons. The molecule has 0 unspecified atom stereocenters. The Morgan fingerprint density at radius 1 is 1.35 bits per heavy atom. The van der Waals surface area contributed by atoms with E-state index in [1.54, 1.807) is 18.2 Å².